The van der Waals surface area contributed by atoms with Crippen molar-refractivity contribution in [2.75, 3.05) is 5.32 Å². The molecule has 1 aromatic heterocycles. The summed E-state index contributed by atoms with van der Waals surface area (Å²) >= 11 is 0. The summed E-state index contributed by atoms with van der Waals surface area (Å²) in [5.41, 5.74) is 2.96. The van der Waals surface area contributed by atoms with Crippen LogP contribution in [0.1, 0.15) is 29.8 Å². The van der Waals surface area contributed by atoms with Crippen LogP contribution >= 0.6 is 0 Å². The van der Waals surface area contributed by atoms with Crippen molar-refractivity contribution in [3.05, 3.63) is 59.9 Å². The molecule has 1 N–H and O–H groups in total. The lowest BCUT2D eigenvalue weighted by Gasteiger charge is -2.08. The number of pyridine rings is 1. The Morgan fingerprint density at radius 1 is 1.11 bits per heavy atom. The fraction of sp³-hybridized carbons (Fsp3) is 0.250. The van der Waals surface area contributed by atoms with Gasteiger partial charge in [0.2, 0.25) is 0 Å². The molecule has 0 bridgehead atoms. The zero-order valence-corrected chi connectivity index (χ0v) is 11.3. The smallest absolute Gasteiger partial charge is 0.165 e. The molecule has 3 nitrogen and oxygen atoms in total. The van der Waals surface area contributed by atoms with E-state index in [0.717, 1.165) is 17.8 Å². The normalized spacial score (nSPS) is 10.5. The van der Waals surface area contributed by atoms with Crippen molar-refractivity contribution < 1.29 is 4.79 Å². The number of anilines is 1. The number of ketones is 1. The largest absolute Gasteiger partial charge is 0.381 e. The maximum atomic E-state index is 11.8. The number of hydrogen-bond acceptors (Lipinski definition) is 3. The van der Waals surface area contributed by atoms with Crippen LogP contribution in [0.2, 0.25) is 0 Å². The monoisotopic (exact) mass is 254 g/mol. The van der Waals surface area contributed by atoms with Crippen LogP contribution in [0.4, 0.5) is 5.69 Å². The number of hydrogen-bond donors (Lipinski definition) is 1. The highest BCUT2D eigenvalue weighted by molar-refractivity contribution is 5.97. The van der Waals surface area contributed by atoms with Crippen LogP contribution in [-0.2, 0) is 6.54 Å². The van der Waals surface area contributed by atoms with E-state index >= 15 is 0 Å². The van der Waals surface area contributed by atoms with Crippen molar-refractivity contribution in [1.29, 1.82) is 0 Å². The van der Waals surface area contributed by atoms with Crippen LogP contribution in [0.25, 0.3) is 0 Å². The Morgan fingerprint density at radius 3 is 2.32 bits per heavy atom. The molecule has 0 aliphatic carbocycles. The first-order chi connectivity index (χ1) is 9.16. The van der Waals surface area contributed by atoms with E-state index < -0.39 is 0 Å². The third kappa shape index (κ3) is 3.65. The second kappa shape index (κ2) is 6.14. The lowest BCUT2D eigenvalue weighted by atomic mass is 10.0. The summed E-state index contributed by atoms with van der Waals surface area (Å²) in [5.74, 6) is 0.219. The lowest BCUT2D eigenvalue weighted by Crippen LogP contribution is -2.07. The van der Waals surface area contributed by atoms with E-state index in [2.05, 4.69) is 10.3 Å². The minimum absolute atomic E-state index is 0.0376. The van der Waals surface area contributed by atoms with E-state index in [1.807, 2.05) is 50.2 Å². The molecule has 2 rings (SSSR count). The summed E-state index contributed by atoms with van der Waals surface area (Å²) in [6.07, 6.45) is 3.56. The number of aromatic nitrogens is 1. The molecule has 1 heterocycles. The average Bonchev–Trinajstić information content (AvgIpc) is 2.46. The minimum Gasteiger partial charge on any atom is -0.381 e. The van der Waals surface area contributed by atoms with Gasteiger partial charge in [-0.25, -0.2) is 0 Å². The Kier molecular flexibility index (Phi) is 4.29. The summed E-state index contributed by atoms with van der Waals surface area (Å²) in [7, 11) is 0. The van der Waals surface area contributed by atoms with E-state index in [1.54, 1.807) is 12.4 Å². The number of carbonyl (C=O) groups excluding carboxylic acids is 1. The van der Waals surface area contributed by atoms with Gasteiger partial charge in [0.15, 0.2) is 5.78 Å². The Labute approximate surface area is 113 Å². The Hall–Kier alpha value is -2.16. The number of nitrogens with zero attached hydrogens (tertiary/aromatic N) is 1. The Balaban J connectivity index is 1.98. The topological polar surface area (TPSA) is 42.0 Å². The second-order valence-electron chi connectivity index (χ2n) is 4.81. The molecule has 0 amide bonds. The van der Waals surface area contributed by atoms with Gasteiger partial charge in [0.05, 0.1) is 0 Å². The summed E-state index contributed by atoms with van der Waals surface area (Å²) in [6.45, 7) is 4.58. The highest BCUT2D eigenvalue weighted by Gasteiger charge is 2.09. The predicted molar refractivity (Wildman–Crippen MR) is 77.2 cm³/mol. The molecule has 19 heavy (non-hydrogen) atoms. The third-order valence-corrected chi connectivity index (χ3v) is 2.94. The lowest BCUT2D eigenvalue weighted by molar-refractivity contribution is 0.0939. The van der Waals surface area contributed by atoms with E-state index in [-0.39, 0.29) is 11.7 Å². The molecule has 1 aromatic carbocycles. The van der Waals surface area contributed by atoms with Crippen molar-refractivity contribution in [3.63, 3.8) is 0 Å². The van der Waals surface area contributed by atoms with E-state index in [1.165, 1.54) is 5.56 Å². The molecule has 0 unspecified atom stereocenters. The van der Waals surface area contributed by atoms with Crippen molar-refractivity contribution in [3.8, 4) is 0 Å². The highest BCUT2D eigenvalue weighted by Crippen LogP contribution is 2.14. The van der Waals surface area contributed by atoms with E-state index in [9.17, 15) is 4.79 Å². The number of nitrogens with one attached hydrogen (secondary N) is 1. The molecule has 0 saturated carbocycles. The maximum absolute atomic E-state index is 11.8. The maximum Gasteiger partial charge on any atom is 0.165 e. The zero-order valence-electron chi connectivity index (χ0n) is 11.3. The standard InChI is InChI=1S/C16H18N2O/c1-12(2)16(19)14-3-5-15(6-4-14)18-11-13-7-9-17-10-8-13/h3-10,12,18H,11H2,1-2H3. The van der Waals surface area contributed by atoms with Crippen LogP contribution in [0.3, 0.4) is 0 Å². The van der Waals surface area contributed by atoms with Crippen molar-refractivity contribution in [2.45, 2.75) is 20.4 Å². The number of Topliss-reactive ketones (excluding diaryl/α,β-unsaturated/α-hetero) is 1. The molecule has 3 heteroatoms. The van der Waals surface area contributed by atoms with Crippen molar-refractivity contribution in [2.24, 2.45) is 5.92 Å². The Morgan fingerprint density at radius 2 is 1.74 bits per heavy atom. The molecule has 2 aromatic rings. The Bertz CT molecular complexity index is 532. The van der Waals surface area contributed by atoms with Crippen molar-refractivity contribution in [1.82, 2.24) is 4.98 Å². The summed E-state index contributed by atoms with van der Waals surface area (Å²) in [5, 5.41) is 3.32. The number of rotatable bonds is 5. The number of carbonyl (C=O) groups is 1. The van der Waals surface area contributed by atoms with Gasteiger partial charge in [0, 0.05) is 36.1 Å². The average molecular weight is 254 g/mol. The first-order valence-corrected chi connectivity index (χ1v) is 6.44. The highest BCUT2D eigenvalue weighted by atomic mass is 16.1. The van der Waals surface area contributed by atoms with Gasteiger partial charge in [0.25, 0.3) is 0 Å². The molecule has 0 aliphatic heterocycles. The predicted octanol–water partition coefficient (Wildman–Crippen LogP) is 3.53. The van der Waals surface area contributed by atoms with E-state index in [0.29, 0.717) is 0 Å². The van der Waals surface area contributed by atoms with Crippen LogP contribution in [0.5, 0.6) is 0 Å². The SMILES string of the molecule is CC(C)C(=O)c1ccc(NCc2ccncc2)cc1. The fourth-order valence-corrected chi connectivity index (χ4v) is 1.79. The van der Waals surface area contributed by atoms with Crippen LogP contribution < -0.4 is 5.32 Å². The van der Waals surface area contributed by atoms with Crippen LogP contribution in [0.15, 0.2) is 48.8 Å². The first kappa shape index (κ1) is 13.3. The molecule has 0 aliphatic rings. The minimum atomic E-state index is 0.0376. The quantitative estimate of drug-likeness (QED) is 0.830. The van der Waals surface area contributed by atoms with Gasteiger partial charge in [-0.1, -0.05) is 13.8 Å². The molecule has 0 fully saturated rings. The van der Waals surface area contributed by atoms with Gasteiger partial charge in [-0.15, -0.1) is 0 Å². The van der Waals surface area contributed by atoms with Crippen molar-refractivity contribution >= 4 is 11.5 Å². The van der Waals surface area contributed by atoms with E-state index in [4.69, 9.17) is 0 Å². The molecular weight excluding hydrogens is 236 g/mol. The molecule has 0 radical (unpaired) electrons. The first-order valence-electron chi connectivity index (χ1n) is 6.44. The van der Waals surface area contributed by atoms with Gasteiger partial charge in [-0.2, -0.15) is 0 Å². The van der Waals surface area contributed by atoms with Crippen LogP contribution in [0, 0.1) is 5.92 Å². The molecule has 98 valence electrons. The molecule has 0 spiro atoms. The van der Waals surface area contributed by atoms with Gasteiger partial charge >= 0.3 is 0 Å². The zero-order chi connectivity index (χ0) is 13.7. The second-order valence-corrected chi connectivity index (χ2v) is 4.81. The van der Waals surface area contributed by atoms with Gasteiger partial charge < -0.3 is 5.32 Å². The summed E-state index contributed by atoms with van der Waals surface area (Å²) < 4.78 is 0. The molecular formula is C16H18N2O. The van der Waals surface area contributed by atoms with Gasteiger partial charge in [0.1, 0.15) is 0 Å². The van der Waals surface area contributed by atoms with Crippen LogP contribution in [-0.4, -0.2) is 10.8 Å². The third-order valence-electron chi connectivity index (χ3n) is 2.94. The summed E-state index contributed by atoms with van der Waals surface area (Å²) in [4.78, 5) is 15.8. The fourth-order valence-electron chi connectivity index (χ4n) is 1.79. The number of benzene rings is 1. The van der Waals surface area contributed by atoms with Gasteiger partial charge in [-0.3, -0.25) is 9.78 Å². The molecule has 0 atom stereocenters. The summed E-state index contributed by atoms with van der Waals surface area (Å²) in [6, 6.07) is 11.6. The molecule has 0 saturated heterocycles. The van der Waals surface area contributed by atoms with Gasteiger partial charge in [-0.05, 0) is 42.0 Å².